The summed E-state index contributed by atoms with van der Waals surface area (Å²) >= 11 is 11.7. The molecule has 0 aliphatic carbocycles. The van der Waals surface area contributed by atoms with Gasteiger partial charge in [0.15, 0.2) is 0 Å². The van der Waals surface area contributed by atoms with Crippen LogP contribution < -0.4 is 0 Å². The van der Waals surface area contributed by atoms with Crippen molar-refractivity contribution in [3.63, 3.8) is 0 Å². The molecule has 5 heteroatoms. The van der Waals surface area contributed by atoms with Crippen LogP contribution in [-0.2, 0) is 0 Å². The minimum Gasteiger partial charge on any atom is -0.506 e. The molecule has 0 saturated carbocycles. The summed E-state index contributed by atoms with van der Waals surface area (Å²) in [5, 5.41) is 10.4. The molecule has 1 aromatic heterocycles. The first-order chi connectivity index (χ1) is 7.58. The Kier molecular flexibility index (Phi) is 2.99. The summed E-state index contributed by atoms with van der Waals surface area (Å²) in [6, 6.07) is 5.86. The molecule has 0 aliphatic rings. The van der Waals surface area contributed by atoms with E-state index in [0.717, 1.165) is 12.3 Å². The Morgan fingerprint density at radius 1 is 1.12 bits per heavy atom. The molecule has 0 unspecified atom stereocenters. The van der Waals surface area contributed by atoms with Gasteiger partial charge in [-0.15, -0.1) is 0 Å². The zero-order valence-electron chi connectivity index (χ0n) is 7.92. The highest BCUT2D eigenvalue weighted by Gasteiger charge is 2.10. The third-order valence-electron chi connectivity index (χ3n) is 2.07. The Labute approximate surface area is 101 Å². The van der Waals surface area contributed by atoms with Gasteiger partial charge in [-0.25, -0.2) is 4.98 Å². The summed E-state index contributed by atoms with van der Waals surface area (Å²) in [5.74, 6) is -0.815. The van der Waals surface area contributed by atoms with Crippen molar-refractivity contribution < 1.29 is 9.50 Å². The Morgan fingerprint density at radius 3 is 2.56 bits per heavy atom. The van der Waals surface area contributed by atoms with Crippen molar-refractivity contribution in [1.82, 2.24) is 4.98 Å². The summed E-state index contributed by atoms with van der Waals surface area (Å²) in [6.45, 7) is 0. The first-order valence-electron chi connectivity index (χ1n) is 4.38. The van der Waals surface area contributed by atoms with Gasteiger partial charge in [-0.2, -0.15) is 4.39 Å². The monoisotopic (exact) mass is 257 g/mol. The minimum absolute atomic E-state index is 0.134. The van der Waals surface area contributed by atoms with Gasteiger partial charge in [0.25, 0.3) is 0 Å². The molecule has 0 spiro atoms. The molecule has 0 saturated heterocycles. The zero-order valence-corrected chi connectivity index (χ0v) is 9.43. The molecule has 0 amide bonds. The normalized spacial score (nSPS) is 10.4. The van der Waals surface area contributed by atoms with Gasteiger partial charge in [0.05, 0.1) is 11.2 Å². The molecule has 0 aliphatic heterocycles. The molecule has 1 aromatic carbocycles. The molecule has 1 heterocycles. The maximum absolute atomic E-state index is 13.0. The molecular formula is C11H6Cl2FNO. The molecule has 2 rings (SSSR count). The van der Waals surface area contributed by atoms with Crippen LogP contribution in [0.3, 0.4) is 0 Å². The Bertz CT molecular complexity index is 546. The quantitative estimate of drug-likeness (QED) is 0.787. The van der Waals surface area contributed by atoms with E-state index in [1.54, 1.807) is 12.1 Å². The van der Waals surface area contributed by atoms with E-state index in [1.807, 2.05) is 0 Å². The molecule has 16 heavy (non-hydrogen) atoms. The standard InChI is InChI=1S/C11H6Cl2FNO/c12-6-1-2-7(9(13)3-6)8-4-11(14)15-5-10(8)16/h1-5,16H. The van der Waals surface area contributed by atoms with E-state index in [1.165, 1.54) is 6.07 Å². The summed E-state index contributed by atoms with van der Waals surface area (Å²) in [6.07, 6.45) is 1.04. The van der Waals surface area contributed by atoms with Gasteiger partial charge in [0, 0.05) is 22.2 Å². The number of benzene rings is 1. The number of pyridine rings is 1. The van der Waals surface area contributed by atoms with Gasteiger partial charge in [-0.05, 0) is 12.1 Å². The summed E-state index contributed by atoms with van der Waals surface area (Å²) in [5.41, 5.74) is 0.791. The summed E-state index contributed by atoms with van der Waals surface area (Å²) in [7, 11) is 0. The third kappa shape index (κ3) is 2.10. The van der Waals surface area contributed by atoms with Gasteiger partial charge in [0.2, 0.25) is 5.95 Å². The number of hydrogen-bond donors (Lipinski definition) is 1. The fourth-order valence-corrected chi connectivity index (χ4v) is 1.86. The van der Waals surface area contributed by atoms with Gasteiger partial charge >= 0.3 is 0 Å². The van der Waals surface area contributed by atoms with E-state index in [4.69, 9.17) is 23.2 Å². The van der Waals surface area contributed by atoms with Gasteiger partial charge < -0.3 is 5.11 Å². The number of hydrogen-bond acceptors (Lipinski definition) is 2. The second-order valence-corrected chi connectivity index (χ2v) is 3.99. The van der Waals surface area contributed by atoms with E-state index >= 15 is 0 Å². The van der Waals surface area contributed by atoms with E-state index in [-0.39, 0.29) is 11.3 Å². The lowest BCUT2D eigenvalue weighted by Crippen LogP contribution is -1.86. The van der Waals surface area contributed by atoms with Crippen LogP contribution in [0.4, 0.5) is 4.39 Å². The SMILES string of the molecule is Oc1cnc(F)cc1-c1ccc(Cl)cc1Cl. The Hall–Kier alpha value is -1.32. The van der Waals surface area contributed by atoms with Crippen molar-refractivity contribution in [3.05, 3.63) is 46.5 Å². The second kappa shape index (κ2) is 4.28. The average molecular weight is 258 g/mol. The van der Waals surface area contributed by atoms with Crippen LogP contribution in [0, 0.1) is 5.95 Å². The Morgan fingerprint density at radius 2 is 1.88 bits per heavy atom. The molecular weight excluding hydrogens is 252 g/mol. The lowest BCUT2D eigenvalue weighted by molar-refractivity contribution is 0.469. The molecule has 1 N–H and O–H groups in total. The van der Waals surface area contributed by atoms with Crippen molar-refractivity contribution in [2.45, 2.75) is 0 Å². The highest BCUT2D eigenvalue weighted by atomic mass is 35.5. The highest BCUT2D eigenvalue weighted by Crippen LogP contribution is 2.35. The Balaban J connectivity index is 2.62. The molecule has 0 atom stereocenters. The lowest BCUT2D eigenvalue weighted by Gasteiger charge is -2.06. The van der Waals surface area contributed by atoms with Crippen LogP contribution >= 0.6 is 23.2 Å². The highest BCUT2D eigenvalue weighted by molar-refractivity contribution is 6.36. The van der Waals surface area contributed by atoms with Crippen LogP contribution in [0.15, 0.2) is 30.5 Å². The lowest BCUT2D eigenvalue weighted by atomic mass is 10.1. The number of aromatic hydroxyl groups is 1. The van der Waals surface area contributed by atoms with Crippen molar-refractivity contribution >= 4 is 23.2 Å². The molecule has 2 aromatic rings. The predicted octanol–water partition coefficient (Wildman–Crippen LogP) is 3.90. The van der Waals surface area contributed by atoms with Crippen LogP contribution in [0.1, 0.15) is 0 Å². The van der Waals surface area contributed by atoms with Crippen molar-refractivity contribution in [2.24, 2.45) is 0 Å². The first-order valence-corrected chi connectivity index (χ1v) is 5.13. The first kappa shape index (κ1) is 11.2. The van der Waals surface area contributed by atoms with Crippen LogP contribution in [0.5, 0.6) is 5.75 Å². The summed E-state index contributed by atoms with van der Waals surface area (Å²) < 4.78 is 13.0. The van der Waals surface area contributed by atoms with Crippen molar-refractivity contribution in [3.8, 4) is 16.9 Å². The number of halogens is 3. The van der Waals surface area contributed by atoms with Crippen molar-refractivity contribution in [1.29, 1.82) is 0 Å². The van der Waals surface area contributed by atoms with Crippen LogP contribution in [0.25, 0.3) is 11.1 Å². The van der Waals surface area contributed by atoms with E-state index in [0.29, 0.717) is 15.6 Å². The van der Waals surface area contributed by atoms with Gasteiger partial charge in [-0.1, -0.05) is 29.3 Å². The molecule has 2 nitrogen and oxygen atoms in total. The van der Waals surface area contributed by atoms with E-state index in [9.17, 15) is 9.50 Å². The molecule has 0 bridgehead atoms. The predicted molar refractivity (Wildman–Crippen MR) is 61.3 cm³/mol. The largest absolute Gasteiger partial charge is 0.506 e. The topological polar surface area (TPSA) is 33.1 Å². The second-order valence-electron chi connectivity index (χ2n) is 3.15. The van der Waals surface area contributed by atoms with Crippen molar-refractivity contribution in [2.75, 3.05) is 0 Å². The fraction of sp³-hybridized carbons (Fsp3) is 0. The van der Waals surface area contributed by atoms with E-state index in [2.05, 4.69) is 4.98 Å². The molecule has 0 fully saturated rings. The average Bonchev–Trinajstić information content (AvgIpc) is 2.22. The maximum Gasteiger partial charge on any atom is 0.213 e. The van der Waals surface area contributed by atoms with E-state index < -0.39 is 5.95 Å². The maximum atomic E-state index is 13.0. The number of rotatable bonds is 1. The third-order valence-corrected chi connectivity index (χ3v) is 2.62. The summed E-state index contributed by atoms with van der Waals surface area (Å²) in [4.78, 5) is 3.33. The number of nitrogens with zero attached hydrogens (tertiary/aromatic N) is 1. The minimum atomic E-state index is -0.682. The van der Waals surface area contributed by atoms with Crippen LogP contribution in [-0.4, -0.2) is 10.1 Å². The van der Waals surface area contributed by atoms with Gasteiger partial charge in [-0.3, -0.25) is 0 Å². The zero-order chi connectivity index (χ0) is 11.7. The fourth-order valence-electron chi connectivity index (χ4n) is 1.35. The molecule has 82 valence electrons. The van der Waals surface area contributed by atoms with Crippen LogP contribution in [0.2, 0.25) is 10.0 Å². The van der Waals surface area contributed by atoms with Gasteiger partial charge in [0.1, 0.15) is 5.75 Å². The molecule has 0 radical (unpaired) electrons. The number of aromatic nitrogens is 1. The smallest absolute Gasteiger partial charge is 0.213 e.